The summed E-state index contributed by atoms with van der Waals surface area (Å²) in [7, 11) is 0. The first-order valence-electron chi connectivity index (χ1n) is 16.5. The van der Waals surface area contributed by atoms with Crippen LogP contribution in [0.2, 0.25) is 0 Å². The van der Waals surface area contributed by atoms with Crippen molar-refractivity contribution >= 4 is 52.7 Å². The number of rotatable bonds is 5. The van der Waals surface area contributed by atoms with Gasteiger partial charge >= 0.3 is 16.5 Å². The molecule has 9 rings (SSSR count). The molecular weight excluding hydrogens is 671 g/mol. The summed E-state index contributed by atoms with van der Waals surface area (Å²) >= 11 is 0. The van der Waals surface area contributed by atoms with Crippen LogP contribution >= 0.6 is 0 Å². The van der Waals surface area contributed by atoms with E-state index in [0.29, 0.717) is 5.56 Å². The minimum Gasteiger partial charge on any atom is -0.657 e. The van der Waals surface area contributed by atoms with Crippen LogP contribution < -0.4 is 9.97 Å². The van der Waals surface area contributed by atoms with Gasteiger partial charge in [-0.3, -0.25) is 4.79 Å². The van der Waals surface area contributed by atoms with E-state index >= 15 is 0 Å². The maximum Gasteiger partial charge on any atom is 2.00 e. The Kier molecular flexibility index (Phi) is 8.45. The van der Waals surface area contributed by atoms with Crippen molar-refractivity contribution < 1.29 is 21.3 Å². The first-order chi connectivity index (χ1) is 24.7. The average molecular weight is 699 g/mol. The third kappa shape index (κ3) is 5.76. The minimum absolute atomic E-state index is 0. The van der Waals surface area contributed by atoms with E-state index in [-0.39, 0.29) is 16.5 Å². The van der Waals surface area contributed by atoms with Gasteiger partial charge in [-0.2, -0.15) is 0 Å². The predicted molar refractivity (Wildman–Crippen MR) is 204 cm³/mol. The molecule has 0 saturated heterocycles. The first-order valence-corrected chi connectivity index (χ1v) is 16.5. The van der Waals surface area contributed by atoms with E-state index in [2.05, 4.69) is 60.7 Å². The molecular formula is C45H28N4NiO. The molecule has 0 aliphatic carbocycles. The van der Waals surface area contributed by atoms with Gasteiger partial charge < -0.3 is 9.97 Å². The zero-order valence-electron chi connectivity index (χ0n) is 27.2. The van der Waals surface area contributed by atoms with Gasteiger partial charge in [0.15, 0.2) is 6.29 Å². The number of fused-ring (bicyclic) bond motifs is 8. The van der Waals surface area contributed by atoms with Gasteiger partial charge in [-0.15, -0.1) is 22.1 Å². The van der Waals surface area contributed by atoms with E-state index in [1.54, 1.807) is 0 Å². The van der Waals surface area contributed by atoms with Crippen molar-refractivity contribution in [1.82, 2.24) is 19.9 Å². The summed E-state index contributed by atoms with van der Waals surface area (Å²) in [6.07, 6.45) is 9.07. The van der Waals surface area contributed by atoms with Gasteiger partial charge in [0.2, 0.25) is 0 Å². The van der Waals surface area contributed by atoms with Gasteiger partial charge in [-0.25, -0.2) is 9.97 Å². The average Bonchev–Trinajstić information content (AvgIpc) is 4.01. The van der Waals surface area contributed by atoms with Gasteiger partial charge in [0, 0.05) is 5.56 Å². The van der Waals surface area contributed by atoms with Crippen LogP contribution in [-0.4, -0.2) is 16.3 Å². The molecule has 2 aliphatic rings. The molecule has 0 atom stereocenters. The predicted octanol–water partition coefficient (Wildman–Crippen LogP) is 10.4. The van der Waals surface area contributed by atoms with E-state index < -0.39 is 0 Å². The summed E-state index contributed by atoms with van der Waals surface area (Å²) in [4.78, 5) is 33.5. The van der Waals surface area contributed by atoms with Gasteiger partial charge in [-0.1, -0.05) is 140 Å². The smallest absolute Gasteiger partial charge is 0.657 e. The van der Waals surface area contributed by atoms with Crippen molar-refractivity contribution in [3.8, 4) is 44.5 Å². The number of hydrogen-bond acceptors (Lipinski definition) is 3. The fraction of sp³-hybridized carbons (Fsp3) is 0. The summed E-state index contributed by atoms with van der Waals surface area (Å²) < 4.78 is 0. The molecule has 5 nitrogen and oxygen atoms in total. The molecule has 7 aromatic rings. The molecule has 0 radical (unpaired) electrons. The SMILES string of the molecule is O=Cc1ccccc1-c1c2nc(c(-c3ccccc3)c3ccc([n-]3)c(-c3ccccc3)c3nc(c(-c4ccccc4)c4ccc1[n-]4)C=C3)C=C2.[Ni+2]. The summed E-state index contributed by atoms with van der Waals surface area (Å²) in [5.74, 6) is 0. The third-order valence-corrected chi connectivity index (χ3v) is 9.15. The topological polar surface area (TPSA) is 71.1 Å². The Balaban J connectivity index is 0.00000374. The van der Waals surface area contributed by atoms with E-state index in [9.17, 15) is 4.79 Å². The quantitative estimate of drug-likeness (QED) is 0.132. The third-order valence-electron chi connectivity index (χ3n) is 9.15. The molecule has 0 saturated carbocycles. The fourth-order valence-corrected chi connectivity index (χ4v) is 6.89. The molecule has 4 aromatic carbocycles. The molecule has 3 aromatic heterocycles. The molecule has 0 fully saturated rings. The zero-order chi connectivity index (χ0) is 33.4. The van der Waals surface area contributed by atoms with Gasteiger partial charge in [0.05, 0.1) is 22.8 Å². The van der Waals surface area contributed by atoms with Crippen molar-refractivity contribution in [3.05, 3.63) is 168 Å². The standard InChI is InChI=1S/C45H29N4O.Ni/c50-28-32-18-10-11-19-33(32)45-40-26-24-38(48-40)43(30-14-6-2-7-15-30)36-22-20-34(46-36)42(29-12-4-1-5-13-29)35-21-23-37(47-35)44(31-16-8-3-9-17-31)39-25-27-41(45)49-39;/h1-28H,(H-,46,47,48,49,50);/q-1;+2/p-1. The number of nitrogens with zero attached hydrogens (tertiary/aromatic N) is 4. The molecule has 2 aliphatic heterocycles. The van der Waals surface area contributed by atoms with Gasteiger partial charge in [-0.05, 0) is 68.8 Å². The summed E-state index contributed by atoms with van der Waals surface area (Å²) in [6, 6.07) is 46.6. The summed E-state index contributed by atoms with van der Waals surface area (Å²) in [5, 5.41) is 0. The second kappa shape index (κ2) is 13.5. The van der Waals surface area contributed by atoms with E-state index in [4.69, 9.17) is 19.9 Å². The van der Waals surface area contributed by atoms with Crippen molar-refractivity contribution in [2.24, 2.45) is 0 Å². The minimum atomic E-state index is 0. The van der Waals surface area contributed by atoms with E-state index in [0.717, 1.165) is 95.6 Å². The maximum absolute atomic E-state index is 12.4. The van der Waals surface area contributed by atoms with Crippen molar-refractivity contribution in [1.29, 1.82) is 0 Å². The molecule has 0 N–H and O–H groups in total. The molecule has 244 valence electrons. The molecule has 8 bridgehead atoms. The van der Waals surface area contributed by atoms with Crippen LogP contribution in [-0.2, 0) is 16.5 Å². The number of carbonyl (C=O) groups excluding carboxylic acids is 1. The van der Waals surface area contributed by atoms with Crippen LogP contribution in [0.25, 0.3) is 90.9 Å². The molecule has 5 heterocycles. The molecule has 51 heavy (non-hydrogen) atoms. The van der Waals surface area contributed by atoms with Gasteiger partial charge in [0.1, 0.15) is 0 Å². The number of carbonyl (C=O) groups is 1. The Morgan fingerprint density at radius 1 is 0.392 bits per heavy atom. The Labute approximate surface area is 305 Å². The van der Waals surface area contributed by atoms with Crippen LogP contribution in [0.3, 0.4) is 0 Å². The number of hydrogen-bond donors (Lipinski definition) is 0. The normalized spacial score (nSPS) is 11.7. The van der Waals surface area contributed by atoms with Crippen molar-refractivity contribution in [2.75, 3.05) is 0 Å². The van der Waals surface area contributed by atoms with E-state index in [1.165, 1.54) is 0 Å². The van der Waals surface area contributed by atoms with Crippen LogP contribution in [0.4, 0.5) is 0 Å². The molecule has 0 unspecified atom stereocenters. The first kappa shape index (κ1) is 31.9. The molecule has 0 amide bonds. The van der Waals surface area contributed by atoms with Crippen LogP contribution in [0.15, 0.2) is 140 Å². The molecule has 0 spiro atoms. The van der Waals surface area contributed by atoms with Crippen molar-refractivity contribution in [3.63, 3.8) is 0 Å². The summed E-state index contributed by atoms with van der Waals surface area (Å²) in [6.45, 7) is 0. The van der Waals surface area contributed by atoms with Crippen LogP contribution in [0.5, 0.6) is 0 Å². The van der Waals surface area contributed by atoms with E-state index in [1.807, 2.05) is 103 Å². The van der Waals surface area contributed by atoms with Gasteiger partial charge in [0.25, 0.3) is 0 Å². The zero-order valence-corrected chi connectivity index (χ0v) is 28.2. The second-order valence-electron chi connectivity index (χ2n) is 12.2. The number of aromatic nitrogens is 4. The molecule has 6 heteroatoms. The van der Waals surface area contributed by atoms with Crippen LogP contribution in [0.1, 0.15) is 33.1 Å². The number of benzene rings is 4. The Bertz CT molecular complexity index is 2620. The number of aldehydes is 1. The Hall–Kier alpha value is -6.36. The Morgan fingerprint density at radius 2 is 0.725 bits per heavy atom. The fourth-order valence-electron chi connectivity index (χ4n) is 6.89. The van der Waals surface area contributed by atoms with Crippen LogP contribution in [0, 0.1) is 0 Å². The Morgan fingerprint density at radius 3 is 1.12 bits per heavy atom. The van der Waals surface area contributed by atoms with Crippen molar-refractivity contribution in [2.45, 2.75) is 0 Å². The largest absolute Gasteiger partial charge is 2.00 e. The monoisotopic (exact) mass is 698 g/mol. The maximum atomic E-state index is 12.4. The summed E-state index contributed by atoms with van der Waals surface area (Å²) in [5.41, 5.74) is 14.2. The second-order valence-corrected chi connectivity index (χ2v) is 12.2.